The summed E-state index contributed by atoms with van der Waals surface area (Å²) in [6.45, 7) is 1.78. The zero-order valence-electron chi connectivity index (χ0n) is 12.2. The summed E-state index contributed by atoms with van der Waals surface area (Å²) in [7, 11) is 0. The van der Waals surface area contributed by atoms with Gasteiger partial charge in [0.1, 0.15) is 10.7 Å². The van der Waals surface area contributed by atoms with Gasteiger partial charge in [-0.15, -0.1) is 0 Å². The van der Waals surface area contributed by atoms with Crippen molar-refractivity contribution < 1.29 is 13.9 Å². The van der Waals surface area contributed by atoms with E-state index in [-0.39, 0.29) is 17.3 Å². The Morgan fingerprint density at radius 1 is 1.30 bits per heavy atom. The van der Waals surface area contributed by atoms with Crippen molar-refractivity contribution in [3.63, 3.8) is 0 Å². The van der Waals surface area contributed by atoms with Crippen LogP contribution < -0.4 is 0 Å². The van der Waals surface area contributed by atoms with Crippen molar-refractivity contribution in [2.75, 3.05) is 6.61 Å². The molecular weight excluding hydrogens is 319 g/mol. The number of nitrogens with zero attached hydrogens (tertiary/aromatic N) is 2. The van der Waals surface area contributed by atoms with Crippen LogP contribution in [0.5, 0.6) is 0 Å². The second-order valence-corrected chi connectivity index (χ2v) is 5.13. The predicted molar refractivity (Wildman–Crippen MR) is 85.9 cm³/mol. The minimum absolute atomic E-state index is 0.00673. The van der Waals surface area contributed by atoms with Crippen LogP contribution in [0.1, 0.15) is 17.4 Å². The van der Waals surface area contributed by atoms with E-state index in [1.807, 2.05) is 30.3 Å². The highest BCUT2D eigenvalue weighted by Gasteiger charge is 2.19. The van der Waals surface area contributed by atoms with Crippen molar-refractivity contribution in [1.82, 2.24) is 9.97 Å². The second kappa shape index (κ2) is 6.30. The number of aromatic nitrogens is 2. The number of benzene rings is 1. The summed E-state index contributed by atoms with van der Waals surface area (Å²) in [6.07, 6.45) is 1.39. The Hall–Kier alpha value is -2.53. The molecule has 2 aromatic heterocycles. The minimum atomic E-state index is -0.831. The second-order valence-electron chi connectivity index (χ2n) is 4.77. The molecule has 0 spiro atoms. The standard InChI is InChI=1S/C17H12ClFN2O2/c1-2-23-17(22)15-13(19)14-11(9-20-15)8-12(16(18)21-14)10-6-4-3-5-7-10/h3-9H,2H2,1H3. The molecule has 0 amide bonds. The Morgan fingerprint density at radius 3 is 2.74 bits per heavy atom. The van der Waals surface area contributed by atoms with E-state index in [0.717, 1.165) is 5.56 Å². The van der Waals surface area contributed by atoms with Gasteiger partial charge in [-0.1, -0.05) is 41.9 Å². The van der Waals surface area contributed by atoms with Crippen LogP contribution in [0.3, 0.4) is 0 Å². The number of carbonyl (C=O) groups is 1. The Bertz CT molecular complexity index is 885. The van der Waals surface area contributed by atoms with Gasteiger partial charge in [0.15, 0.2) is 11.5 Å². The van der Waals surface area contributed by atoms with E-state index in [1.165, 1.54) is 6.20 Å². The molecule has 0 bridgehead atoms. The van der Waals surface area contributed by atoms with Gasteiger partial charge in [-0.05, 0) is 18.6 Å². The van der Waals surface area contributed by atoms with Gasteiger partial charge in [-0.25, -0.2) is 19.2 Å². The molecule has 0 fully saturated rings. The maximum atomic E-state index is 14.5. The van der Waals surface area contributed by atoms with Crippen molar-refractivity contribution in [3.05, 3.63) is 59.3 Å². The van der Waals surface area contributed by atoms with E-state index in [0.29, 0.717) is 10.9 Å². The summed E-state index contributed by atoms with van der Waals surface area (Å²) in [6, 6.07) is 11.1. The fourth-order valence-electron chi connectivity index (χ4n) is 2.25. The molecule has 0 saturated carbocycles. The summed E-state index contributed by atoms with van der Waals surface area (Å²) in [5.41, 5.74) is 1.13. The predicted octanol–water partition coefficient (Wildman–Crippen LogP) is 4.27. The van der Waals surface area contributed by atoms with E-state index in [4.69, 9.17) is 16.3 Å². The number of fused-ring (bicyclic) bond motifs is 1. The highest BCUT2D eigenvalue weighted by Crippen LogP contribution is 2.30. The molecule has 4 nitrogen and oxygen atoms in total. The molecule has 0 N–H and O–H groups in total. The van der Waals surface area contributed by atoms with Crippen LogP contribution in [0.4, 0.5) is 4.39 Å². The van der Waals surface area contributed by atoms with Gasteiger partial charge in [-0.3, -0.25) is 0 Å². The van der Waals surface area contributed by atoms with Crippen molar-refractivity contribution >= 4 is 28.5 Å². The number of pyridine rings is 2. The summed E-state index contributed by atoms with van der Waals surface area (Å²) in [5.74, 6) is -1.65. The van der Waals surface area contributed by atoms with E-state index < -0.39 is 17.5 Å². The largest absolute Gasteiger partial charge is 0.461 e. The number of hydrogen-bond donors (Lipinski definition) is 0. The Labute approximate surface area is 136 Å². The van der Waals surface area contributed by atoms with Crippen LogP contribution in [-0.4, -0.2) is 22.5 Å². The molecule has 23 heavy (non-hydrogen) atoms. The number of carbonyl (C=O) groups excluding carboxylic acids is 1. The van der Waals surface area contributed by atoms with Gasteiger partial charge in [0.2, 0.25) is 0 Å². The SMILES string of the molecule is CCOC(=O)c1ncc2cc(-c3ccccc3)c(Cl)nc2c1F. The highest BCUT2D eigenvalue weighted by molar-refractivity contribution is 6.32. The van der Waals surface area contributed by atoms with Crippen molar-refractivity contribution in [1.29, 1.82) is 0 Å². The van der Waals surface area contributed by atoms with Gasteiger partial charge in [0.25, 0.3) is 0 Å². The number of ether oxygens (including phenoxy) is 1. The van der Waals surface area contributed by atoms with Crippen molar-refractivity contribution in [3.8, 4) is 11.1 Å². The fraction of sp³-hybridized carbons (Fsp3) is 0.118. The Morgan fingerprint density at radius 2 is 2.04 bits per heavy atom. The molecule has 0 aliphatic carbocycles. The number of hydrogen-bond acceptors (Lipinski definition) is 4. The molecule has 0 aliphatic rings. The van der Waals surface area contributed by atoms with E-state index in [2.05, 4.69) is 9.97 Å². The summed E-state index contributed by atoms with van der Waals surface area (Å²) < 4.78 is 19.3. The molecule has 3 aromatic rings. The number of rotatable bonds is 3. The zero-order valence-corrected chi connectivity index (χ0v) is 13.0. The van der Waals surface area contributed by atoms with Gasteiger partial charge in [0, 0.05) is 17.1 Å². The smallest absolute Gasteiger partial charge is 0.360 e. The van der Waals surface area contributed by atoms with Crippen LogP contribution in [0.25, 0.3) is 22.0 Å². The summed E-state index contributed by atoms with van der Waals surface area (Å²) >= 11 is 6.19. The minimum Gasteiger partial charge on any atom is -0.461 e. The number of esters is 1. The normalized spacial score (nSPS) is 10.7. The molecule has 0 unspecified atom stereocenters. The van der Waals surface area contributed by atoms with Gasteiger partial charge >= 0.3 is 5.97 Å². The number of halogens is 2. The average Bonchev–Trinajstić information content (AvgIpc) is 2.56. The lowest BCUT2D eigenvalue weighted by molar-refractivity contribution is 0.0514. The molecular formula is C17H12ClFN2O2. The van der Waals surface area contributed by atoms with Crippen LogP contribution >= 0.6 is 11.6 Å². The average molecular weight is 331 g/mol. The van der Waals surface area contributed by atoms with Crippen LogP contribution in [-0.2, 0) is 4.74 Å². The molecule has 3 rings (SSSR count). The lowest BCUT2D eigenvalue weighted by atomic mass is 10.1. The van der Waals surface area contributed by atoms with E-state index in [9.17, 15) is 9.18 Å². The molecule has 116 valence electrons. The third-order valence-electron chi connectivity index (χ3n) is 3.31. The third-order valence-corrected chi connectivity index (χ3v) is 3.60. The van der Waals surface area contributed by atoms with Crippen LogP contribution in [0.15, 0.2) is 42.6 Å². The zero-order chi connectivity index (χ0) is 16.4. The Balaban J connectivity index is 2.16. The lowest BCUT2D eigenvalue weighted by Crippen LogP contribution is -2.10. The fourth-order valence-corrected chi connectivity index (χ4v) is 2.49. The van der Waals surface area contributed by atoms with Crippen molar-refractivity contribution in [2.45, 2.75) is 6.92 Å². The van der Waals surface area contributed by atoms with Gasteiger partial charge in [0.05, 0.1) is 6.61 Å². The van der Waals surface area contributed by atoms with Crippen LogP contribution in [0.2, 0.25) is 5.15 Å². The van der Waals surface area contributed by atoms with Gasteiger partial charge in [-0.2, -0.15) is 0 Å². The first-order chi connectivity index (χ1) is 11.1. The monoisotopic (exact) mass is 330 g/mol. The van der Waals surface area contributed by atoms with E-state index >= 15 is 0 Å². The topological polar surface area (TPSA) is 52.1 Å². The molecule has 1 aromatic carbocycles. The molecule has 0 radical (unpaired) electrons. The Kier molecular flexibility index (Phi) is 4.21. The molecule has 0 atom stereocenters. The maximum absolute atomic E-state index is 14.5. The summed E-state index contributed by atoms with van der Waals surface area (Å²) in [5, 5.41) is 0.613. The van der Waals surface area contributed by atoms with E-state index in [1.54, 1.807) is 13.0 Å². The molecule has 2 heterocycles. The molecule has 0 saturated heterocycles. The first-order valence-electron chi connectivity index (χ1n) is 6.99. The van der Waals surface area contributed by atoms with Gasteiger partial charge < -0.3 is 4.74 Å². The third kappa shape index (κ3) is 2.87. The quantitative estimate of drug-likeness (QED) is 0.531. The first-order valence-corrected chi connectivity index (χ1v) is 7.37. The molecule has 0 aliphatic heterocycles. The first kappa shape index (κ1) is 15.4. The maximum Gasteiger partial charge on any atom is 0.360 e. The lowest BCUT2D eigenvalue weighted by Gasteiger charge is -2.08. The van der Waals surface area contributed by atoms with Crippen molar-refractivity contribution in [2.24, 2.45) is 0 Å². The summed E-state index contributed by atoms with van der Waals surface area (Å²) in [4.78, 5) is 19.7. The highest BCUT2D eigenvalue weighted by atomic mass is 35.5. The van der Waals surface area contributed by atoms with Crippen LogP contribution in [0, 0.1) is 5.82 Å². The molecule has 6 heteroatoms.